The molecule has 0 atom stereocenters. The van der Waals surface area contributed by atoms with Crippen molar-refractivity contribution in [1.29, 1.82) is 0 Å². The maximum atomic E-state index is 11.9. The van der Waals surface area contributed by atoms with Gasteiger partial charge in [-0.3, -0.25) is 28.9 Å². The van der Waals surface area contributed by atoms with E-state index in [1.165, 1.54) is 12.2 Å². The molecular weight excluding hydrogens is 592 g/mol. The van der Waals surface area contributed by atoms with E-state index in [1.54, 1.807) is 23.5 Å². The molecule has 4 amide bonds. The van der Waals surface area contributed by atoms with Crippen LogP contribution in [0.5, 0.6) is 0 Å². The Kier molecular flexibility index (Phi) is 22.4. The van der Waals surface area contributed by atoms with Crippen molar-refractivity contribution < 1.29 is 47.8 Å². The van der Waals surface area contributed by atoms with Gasteiger partial charge in [0, 0.05) is 56.3 Å². The number of ether oxygens (including phenoxy) is 4. The lowest BCUT2D eigenvalue weighted by Gasteiger charge is -2.14. The molecule has 238 valence electrons. The highest BCUT2D eigenvalue weighted by atomic mass is 32.2. The highest BCUT2D eigenvalue weighted by molar-refractivity contribution is 8.00. The van der Waals surface area contributed by atoms with Crippen molar-refractivity contribution in [3.63, 3.8) is 0 Å². The molecule has 1 aliphatic heterocycles. The fraction of sp³-hybridized carbons (Fsp3) is 0.692. The first kappa shape index (κ1) is 37.5. The fourth-order valence-corrected chi connectivity index (χ4v) is 4.27. The summed E-state index contributed by atoms with van der Waals surface area (Å²) in [6.45, 7) is 1.97. The number of hydrogen-bond acceptors (Lipinski definition) is 13. The van der Waals surface area contributed by atoms with Crippen LogP contribution in [0.25, 0.3) is 0 Å². The molecule has 0 saturated carbocycles. The first-order chi connectivity index (χ1) is 20.4. The molecule has 0 aliphatic carbocycles. The standard InChI is InChI=1S/C26H42N4O10S2/c1-41-19-21(20-42-2)29-40-18-24(33)28-8-11-37-13-14-38-16-22(31)4-3-10-36-12-15-39-17-23(32)27-7-9-30-25(34)5-6-26(30)35/h5-6H,3-4,7-20H2,1-2H3,(H,27,32)(H,28,33). The zero-order valence-corrected chi connectivity index (χ0v) is 25.9. The molecule has 0 saturated heterocycles. The van der Waals surface area contributed by atoms with Gasteiger partial charge in [-0.25, -0.2) is 0 Å². The summed E-state index contributed by atoms with van der Waals surface area (Å²) in [5.41, 5.74) is 0.894. The minimum absolute atomic E-state index is 0.0121. The van der Waals surface area contributed by atoms with Gasteiger partial charge in [0.1, 0.15) is 13.2 Å². The van der Waals surface area contributed by atoms with Crippen molar-refractivity contribution in [2.24, 2.45) is 5.16 Å². The van der Waals surface area contributed by atoms with Crippen LogP contribution >= 0.6 is 23.5 Å². The highest BCUT2D eigenvalue weighted by Crippen LogP contribution is 2.02. The van der Waals surface area contributed by atoms with Crippen LogP contribution in [0.4, 0.5) is 0 Å². The van der Waals surface area contributed by atoms with Gasteiger partial charge in [0.25, 0.3) is 17.7 Å². The lowest BCUT2D eigenvalue weighted by Crippen LogP contribution is -2.39. The third-order valence-electron chi connectivity index (χ3n) is 5.12. The molecule has 0 aromatic rings. The number of oxime groups is 1. The molecule has 1 heterocycles. The van der Waals surface area contributed by atoms with Gasteiger partial charge in [0.15, 0.2) is 12.4 Å². The summed E-state index contributed by atoms with van der Waals surface area (Å²) < 4.78 is 21.3. The van der Waals surface area contributed by atoms with Gasteiger partial charge in [-0.2, -0.15) is 23.5 Å². The van der Waals surface area contributed by atoms with E-state index in [1.807, 2.05) is 12.5 Å². The van der Waals surface area contributed by atoms with Gasteiger partial charge in [0.05, 0.1) is 38.7 Å². The predicted molar refractivity (Wildman–Crippen MR) is 160 cm³/mol. The Morgan fingerprint density at radius 2 is 1.33 bits per heavy atom. The summed E-state index contributed by atoms with van der Waals surface area (Å²) in [6.07, 6.45) is 7.19. The lowest BCUT2D eigenvalue weighted by atomic mass is 10.2. The topological polar surface area (TPSA) is 171 Å². The summed E-state index contributed by atoms with van der Waals surface area (Å²) >= 11 is 3.29. The van der Waals surface area contributed by atoms with E-state index in [9.17, 15) is 24.0 Å². The van der Waals surface area contributed by atoms with Crippen molar-refractivity contribution in [2.45, 2.75) is 12.8 Å². The Morgan fingerprint density at radius 3 is 2.00 bits per heavy atom. The number of amides is 4. The van der Waals surface area contributed by atoms with Crippen molar-refractivity contribution in [2.75, 3.05) is 103 Å². The van der Waals surface area contributed by atoms with Gasteiger partial charge < -0.3 is 34.4 Å². The van der Waals surface area contributed by atoms with Crippen molar-refractivity contribution in [3.05, 3.63) is 12.2 Å². The molecule has 2 N–H and O–H groups in total. The number of nitrogens with one attached hydrogen (secondary N) is 2. The summed E-state index contributed by atoms with van der Waals surface area (Å²) in [6, 6.07) is 0. The number of hydrogen-bond donors (Lipinski definition) is 2. The number of thioether (sulfide) groups is 2. The van der Waals surface area contributed by atoms with Crippen molar-refractivity contribution in [1.82, 2.24) is 15.5 Å². The van der Waals surface area contributed by atoms with E-state index in [-0.39, 0.29) is 70.3 Å². The maximum Gasteiger partial charge on any atom is 0.260 e. The largest absolute Gasteiger partial charge is 0.386 e. The number of Topliss-reactive ketones (excluding diaryl/α,β-unsaturated/α-hetero) is 1. The highest BCUT2D eigenvalue weighted by Gasteiger charge is 2.22. The molecule has 1 rings (SSSR count). The number of imide groups is 1. The Hall–Kier alpha value is -2.50. The monoisotopic (exact) mass is 634 g/mol. The van der Waals surface area contributed by atoms with E-state index in [4.69, 9.17) is 23.8 Å². The summed E-state index contributed by atoms with van der Waals surface area (Å²) in [5.74, 6) is 0.0418. The second-order valence-electron chi connectivity index (χ2n) is 8.63. The van der Waals surface area contributed by atoms with E-state index < -0.39 is 11.8 Å². The fourth-order valence-electron chi connectivity index (χ4n) is 3.17. The maximum absolute atomic E-state index is 11.9. The molecule has 14 nitrogen and oxygen atoms in total. The molecule has 0 fully saturated rings. The Bertz CT molecular complexity index is 878. The van der Waals surface area contributed by atoms with Crippen LogP contribution in [0, 0.1) is 0 Å². The Balaban J connectivity index is 1.86. The molecule has 0 unspecified atom stereocenters. The second-order valence-corrected chi connectivity index (χ2v) is 10.4. The van der Waals surface area contributed by atoms with Gasteiger partial charge in [-0.1, -0.05) is 5.16 Å². The van der Waals surface area contributed by atoms with E-state index in [0.29, 0.717) is 39.2 Å². The normalized spacial score (nSPS) is 12.5. The van der Waals surface area contributed by atoms with Gasteiger partial charge in [-0.15, -0.1) is 0 Å². The van der Waals surface area contributed by atoms with Crippen LogP contribution in [0.1, 0.15) is 12.8 Å². The third-order valence-corrected chi connectivity index (χ3v) is 6.37. The van der Waals surface area contributed by atoms with Crippen LogP contribution in [0.3, 0.4) is 0 Å². The number of rotatable bonds is 27. The molecule has 0 aromatic heterocycles. The minimum atomic E-state index is -0.395. The van der Waals surface area contributed by atoms with Gasteiger partial charge in [-0.05, 0) is 18.9 Å². The molecule has 0 radical (unpaired) electrons. The van der Waals surface area contributed by atoms with Crippen LogP contribution in [-0.4, -0.2) is 143 Å². The molecule has 0 bridgehead atoms. The van der Waals surface area contributed by atoms with Crippen molar-refractivity contribution >= 4 is 58.6 Å². The molecule has 42 heavy (non-hydrogen) atoms. The van der Waals surface area contributed by atoms with Gasteiger partial charge >= 0.3 is 0 Å². The summed E-state index contributed by atoms with van der Waals surface area (Å²) in [5, 5.41) is 9.24. The average molecular weight is 635 g/mol. The van der Waals surface area contributed by atoms with Crippen LogP contribution in [0.15, 0.2) is 17.3 Å². The number of carbonyl (C=O) groups excluding carboxylic acids is 5. The van der Waals surface area contributed by atoms with Crippen LogP contribution < -0.4 is 10.6 Å². The molecule has 0 spiro atoms. The quantitative estimate of drug-likeness (QED) is 0.0522. The smallest absolute Gasteiger partial charge is 0.260 e. The molecule has 0 aromatic carbocycles. The van der Waals surface area contributed by atoms with Crippen molar-refractivity contribution in [3.8, 4) is 0 Å². The second kappa shape index (κ2) is 25.0. The Morgan fingerprint density at radius 1 is 0.762 bits per heavy atom. The zero-order chi connectivity index (χ0) is 30.8. The third kappa shape index (κ3) is 19.6. The lowest BCUT2D eigenvalue weighted by molar-refractivity contribution is -0.137. The van der Waals surface area contributed by atoms with E-state index in [2.05, 4.69) is 15.8 Å². The first-order valence-electron chi connectivity index (χ1n) is 13.4. The first-order valence-corrected chi connectivity index (χ1v) is 16.2. The molecule has 1 aliphatic rings. The summed E-state index contributed by atoms with van der Waals surface area (Å²) in [7, 11) is 0. The zero-order valence-electron chi connectivity index (χ0n) is 24.3. The molecular formula is C26H42N4O10S2. The van der Waals surface area contributed by atoms with Crippen LogP contribution in [-0.2, 0) is 47.8 Å². The predicted octanol–water partition coefficient (Wildman–Crippen LogP) is -0.342. The molecule has 16 heteroatoms. The van der Waals surface area contributed by atoms with E-state index in [0.717, 1.165) is 22.1 Å². The number of carbonyl (C=O) groups is 5. The Labute approximate surface area is 254 Å². The minimum Gasteiger partial charge on any atom is -0.386 e. The summed E-state index contributed by atoms with van der Waals surface area (Å²) in [4.78, 5) is 64.3. The number of nitrogens with zero attached hydrogens (tertiary/aromatic N) is 2. The van der Waals surface area contributed by atoms with Crippen LogP contribution in [0.2, 0.25) is 0 Å². The number of ketones is 1. The SMILES string of the molecule is CSCC(CSC)=NOCC(=O)NCCOCCOCC(=O)CCCOCCOCC(=O)NCCN1C(=O)C=CC1=O. The van der Waals surface area contributed by atoms with Gasteiger partial charge in [0.2, 0.25) is 5.91 Å². The average Bonchev–Trinajstić information content (AvgIpc) is 3.28. The van der Waals surface area contributed by atoms with E-state index >= 15 is 0 Å².